The highest BCUT2D eigenvalue weighted by atomic mass is 32.1. The van der Waals surface area contributed by atoms with Gasteiger partial charge in [-0.05, 0) is 55.6 Å². The number of carbonyl (C=O) groups is 1. The molecule has 0 saturated carbocycles. The van der Waals surface area contributed by atoms with Crippen molar-refractivity contribution >= 4 is 17.2 Å². The highest BCUT2D eigenvalue weighted by Crippen LogP contribution is 2.26. The first kappa shape index (κ1) is 17.8. The highest BCUT2D eigenvalue weighted by molar-refractivity contribution is 7.13. The van der Waals surface area contributed by atoms with Crippen LogP contribution < -0.4 is 5.32 Å². The molecule has 2 aromatic heterocycles. The second-order valence-corrected chi connectivity index (χ2v) is 7.45. The van der Waals surface area contributed by atoms with E-state index < -0.39 is 0 Å². The smallest absolute Gasteiger partial charge is 0.293 e. The van der Waals surface area contributed by atoms with Crippen LogP contribution in [0, 0.1) is 5.82 Å². The zero-order valence-electron chi connectivity index (χ0n) is 14.9. The molecule has 1 N–H and O–H groups in total. The van der Waals surface area contributed by atoms with Gasteiger partial charge in [-0.3, -0.25) is 4.79 Å². The summed E-state index contributed by atoms with van der Waals surface area (Å²) in [5.41, 5.74) is 0.665. The average molecular weight is 385 g/mol. The fourth-order valence-corrected chi connectivity index (χ4v) is 3.97. The number of thiophene rings is 1. The third-order valence-corrected chi connectivity index (χ3v) is 5.59. The van der Waals surface area contributed by atoms with E-state index in [1.807, 2.05) is 24.6 Å². The second kappa shape index (κ2) is 7.58. The number of hydrogen-bond acceptors (Lipinski definition) is 5. The Labute approximate surface area is 160 Å². The zero-order chi connectivity index (χ0) is 18.8. The summed E-state index contributed by atoms with van der Waals surface area (Å²) >= 11 is 1.52. The molecule has 1 aliphatic rings. The van der Waals surface area contributed by atoms with Crippen LogP contribution in [0.1, 0.15) is 23.5 Å². The van der Waals surface area contributed by atoms with Crippen LogP contribution in [0.2, 0.25) is 0 Å². The van der Waals surface area contributed by atoms with Crippen LogP contribution in [0.4, 0.5) is 4.39 Å². The summed E-state index contributed by atoms with van der Waals surface area (Å²) in [4.78, 5) is 20.2. The molecular weight excluding hydrogens is 365 g/mol. The first-order valence-corrected chi connectivity index (χ1v) is 9.77. The van der Waals surface area contributed by atoms with Gasteiger partial charge >= 0.3 is 0 Å². The summed E-state index contributed by atoms with van der Waals surface area (Å²) in [5.74, 6) is 0.259. The molecule has 1 unspecified atom stereocenters. The molecule has 0 aliphatic carbocycles. The Balaban J connectivity index is 1.71. The molecule has 8 heteroatoms. The standard InChI is InChI=1S/C19H20FN5OS/c1-21-14-4-2-10-24(12-14)19(26)17-22-18(16-5-3-11-27-16)25(23-17)15-8-6-13(20)7-9-15/h3,5-9,11,14,21H,2,4,10,12H2,1H3. The van der Waals surface area contributed by atoms with Gasteiger partial charge in [-0.2, -0.15) is 0 Å². The topological polar surface area (TPSA) is 63.1 Å². The minimum absolute atomic E-state index is 0.166. The number of nitrogens with zero attached hydrogens (tertiary/aromatic N) is 4. The molecule has 0 spiro atoms. The van der Waals surface area contributed by atoms with E-state index in [2.05, 4.69) is 15.4 Å². The van der Waals surface area contributed by atoms with Gasteiger partial charge in [0.05, 0.1) is 10.6 Å². The fourth-order valence-electron chi connectivity index (χ4n) is 3.27. The van der Waals surface area contributed by atoms with Crippen LogP contribution >= 0.6 is 11.3 Å². The molecule has 4 rings (SSSR count). The summed E-state index contributed by atoms with van der Waals surface area (Å²) in [6.07, 6.45) is 2.01. The summed E-state index contributed by atoms with van der Waals surface area (Å²) in [5, 5.41) is 9.65. The minimum Gasteiger partial charge on any atom is -0.334 e. The van der Waals surface area contributed by atoms with Crippen LogP contribution in [-0.4, -0.2) is 51.8 Å². The van der Waals surface area contributed by atoms with Crippen molar-refractivity contribution < 1.29 is 9.18 Å². The Morgan fingerprint density at radius 3 is 2.81 bits per heavy atom. The van der Waals surface area contributed by atoms with E-state index in [0.29, 0.717) is 30.6 Å². The predicted octanol–water partition coefficient (Wildman–Crippen LogP) is 2.96. The molecular formula is C19H20FN5OS. The summed E-state index contributed by atoms with van der Waals surface area (Å²) in [6.45, 7) is 1.35. The number of halogens is 1. The molecule has 1 aliphatic heterocycles. The molecule has 1 fully saturated rings. The van der Waals surface area contributed by atoms with E-state index in [-0.39, 0.29) is 17.5 Å². The maximum absolute atomic E-state index is 13.3. The normalized spacial score (nSPS) is 17.3. The third-order valence-electron chi connectivity index (χ3n) is 4.73. The Morgan fingerprint density at radius 2 is 2.11 bits per heavy atom. The van der Waals surface area contributed by atoms with Crippen molar-refractivity contribution in [2.75, 3.05) is 20.1 Å². The van der Waals surface area contributed by atoms with Crippen molar-refractivity contribution in [2.45, 2.75) is 18.9 Å². The number of hydrogen-bond donors (Lipinski definition) is 1. The van der Waals surface area contributed by atoms with E-state index in [0.717, 1.165) is 17.7 Å². The minimum atomic E-state index is -0.320. The Morgan fingerprint density at radius 1 is 1.30 bits per heavy atom. The number of amides is 1. The zero-order valence-corrected chi connectivity index (χ0v) is 15.7. The predicted molar refractivity (Wildman–Crippen MR) is 103 cm³/mol. The van der Waals surface area contributed by atoms with Crippen LogP contribution in [0.5, 0.6) is 0 Å². The van der Waals surface area contributed by atoms with Gasteiger partial charge in [0, 0.05) is 19.1 Å². The van der Waals surface area contributed by atoms with Crippen LogP contribution in [0.25, 0.3) is 16.4 Å². The summed E-state index contributed by atoms with van der Waals surface area (Å²) in [7, 11) is 1.91. The number of carbonyl (C=O) groups excluding carboxylic acids is 1. The average Bonchev–Trinajstić information content (AvgIpc) is 3.38. The van der Waals surface area contributed by atoms with Crippen LogP contribution in [-0.2, 0) is 0 Å². The Hall–Kier alpha value is -2.58. The maximum Gasteiger partial charge on any atom is 0.293 e. The molecule has 0 radical (unpaired) electrons. The van der Waals surface area contributed by atoms with Crippen molar-refractivity contribution in [3.63, 3.8) is 0 Å². The Kier molecular flexibility index (Phi) is 5.00. The first-order chi connectivity index (χ1) is 13.2. The maximum atomic E-state index is 13.3. The van der Waals surface area contributed by atoms with Crippen molar-refractivity contribution in [3.8, 4) is 16.4 Å². The first-order valence-electron chi connectivity index (χ1n) is 8.89. The van der Waals surface area contributed by atoms with E-state index >= 15 is 0 Å². The molecule has 1 amide bonds. The molecule has 140 valence electrons. The van der Waals surface area contributed by atoms with E-state index in [4.69, 9.17) is 0 Å². The van der Waals surface area contributed by atoms with Gasteiger partial charge < -0.3 is 10.2 Å². The number of likely N-dealkylation sites (tertiary alicyclic amines) is 1. The van der Waals surface area contributed by atoms with Crippen molar-refractivity contribution in [1.82, 2.24) is 25.0 Å². The lowest BCUT2D eigenvalue weighted by atomic mass is 10.1. The highest BCUT2D eigenvalue weighted by Gasteiger charge is 2.27. The summed E-state index contributed by atoms with van der Waals surface area (Å²) < 4.78 is 14.9. The molecule has 3 heterocycles. The molecule has 1 saturated heterocycles. The van der Waals surface area contributed by atoms with Gasteiger partial charge in [-0.1, -0.05) is 6.07 Å². The number of benzene rings is 1. The third kappa shape index (κ3) is 3.63. The van der Waals surface area contributed by atoms with Crippen molar-refractivity contribution in [2.24, 2.45) is 0 Å². The lowest BCUT2D eigenvalue weighted by Gasteiger charge is -2.31. The van der Waals surface area contributed by atoms with Crippen molar-refractivity contribution in [1.29, 1.82) is 0 Å². The molecule has 1 aromatic carbocycles. The number of aromatic nitrogens is 3. The van der Waals surface area contributed by atoms with Gasteiger partial charge in [0.25, 0.3) is 5.91 Å². The fraction of sp³-hybridized carbons (Fsp3) is 0.316. The molecule has 1 atom stereocenters. The number of likely N-dealkylation sites (N-methyl/N-ethyl adjacent to an activating group) is 1. The SMILES string of the molecule is CNC1CCCN(C(=O)c2nc(-c3cccs3)n(-c3ccc(F)cc3)n2)C1. The Bertz CT molecular complexity index is 922. The van der Waals surface area contributed by atoms with E-state index in [1.54, 1.807) is 21.7 Å². The number of nitrogens with one attached hydrogen (secondary N) is 1. The van der Waals surface area contributed by atoms with Gasteiger partial charge in [-0.25, -0.2) is 14.1 Å². The van der Waals surface area contributed by atoms with Gasteiger partial charge in [0.2, 0.25) is 5.82 Å². The molecule has 0 bridgehead atoms. The van der Waals surface area contributed by atoms with Crippen molar-refractivity contribution in [3.05, 3.63) is 53.4 Å². The largest absolute Gasteiger partial charge is 0.334 e. The van der Waals surface area contributed by atoms with E-state index in [9.17, 15) is 9.18 Å². The molecule has 6 nitrogen and oxygen atoms in total. The molecule has 27 heavy (non-hydrogen) atoms. The van der Waals surface area contributed by atoms with Gasteiger partial charge in [0.15, 0.2) is 5.82 Å². The number of piperidine rings is 1. The summed E-state index contributed by atoms with van der Waals surface area (Å²) in [6, 6.07) is 10.2. The lowest BCUT2D eigenvalue weighted by molar-refractivity contribution is 0.0686. The lowest BCUT2D eigenvalue weighted by Crippen LogP contribution is -2.47. The monoisotopic (exact) mass is 385 g/mol. The van der Waals surface area contributed by atoms with E-state index in [1.165, 1.54) is 23.5 Å². The quantitative estimate of drug-likeness (QED) is 0.750. The van der Waals surface area contributed by atoms with Gasteiger partial charge in [0.1, 0.15) is 5.82 Å². The van der Waals surface area contributed by atoms with Gasteiger partial charge in [-0.15, -0.1) is 16.4 Å². The number of rotatable bonds is 4. The van der Waals surface area contributed by atoms with Crippen LogP contribution in [0.15, 0.2) is 41.8 Å². The second-order valence-electron chi connectivity index (χ2n) is 6.50. The van der Waals surface area contributed by atoms with Crippen LogP contribution in [0.3, 0.4) is 0 Å². The molecule has 3 aromatic rings.